The van der Waals surface area contributed by atoms with Crippen LogP contribution in [0.1, 0.15) is 26.7 Å². The van der Waals surface area contributed by atoms with Crippen LogP contribution in [-0.2, 0) is 10.0 Å². The lowest BCUT2D eigenvalue weighted by molar-refractivity contribution is 0.223. The van der Waals surface area contributed by atoms with E-state index in [1.807, 2.05) is 31.2 Å². The highest BCUT2D eigenvalue weighted by Crippen LogP contribution is 2.18. The molecule has 0 saturated carbocycles. The second-order valence-electron chi connectivity index (χ2n) is 6.78. The molecule has 1 heterocycles. The summed E-state index contributed by atoms with van der Waals surface area (Å²) in [5.74, 6) is 2.42. The zero-order valence-corrected chi connectivity index (χ0v) is 18.0. The number of hydrogen-bond donors (Lipinski definition) is 2. The number of guanidine groups is 1. The number of aliphatic imine (C=N–C) groups is 1. The highest BCUT2D eigenvalue weighted by Gasteiger charge is 2.27. The van der Waals surface area contributed by atoms with E-state index in [2.05, 4.69) is 15.6 Å². The summed E-state index contributed by atoms with van der Waals surface area (Å²) < 4.78 is 36.5. The fourth-order valence-corrected chi connectivity index (χ4v) is 4.15. The monoisotopic (exact) mass is 412 g/mol. The van der Waals surface area contributed by atoms with E-state index in [1.165, 1.54) is 0 Å². The summed E-state index contributed by atoms with van der Waals surface area (Å²) in [4.78, 5) is 4.26. The van der Waals surface area contributed by atoms with Crippen molar-refractivity contribution in [1.82, 2.24) is 14.9 Å². The van der Waals surface area contributed by atoms with E-state index in [4.69, 9.17) is 9.47 Å². The Morgan fingerprint density at radius 3 is 2.39 bits per heavy atom. The molecule has 0 amide bonds. The molecule has 1 unspecified atom stereocenters. The normalized spacial score (nSPS) is 17.8. The van der Waals surface area contributed by atoms with Crippen molar-refractivity contribution in [3.8, 4) is 11.5 Å². The van der Waals surface area contributed by atoms with Crippen LogP contribution in [-0.4, -0.2) is 70.4 Å². The standard InChI is InChI=1S/C19H32N4O4S/c1-5-28(24,25)23-12-10-16(11-13-23)22-19(20-3)21-14-15(2)27-18-8-6-17(26-4)7-9-18/h6-9,15-16H,5,10-14H2,1-4H3,(H2,20,21,22). The van der Waals surface area contributed by atoms with E-state index in [1.54, 1.807) is 25.4 Å². The van der Waals surface area contributed by atoms with Gasteiger partial charge in [0.15, 0.2) is 5.96 Å². The highest BCUT2D eigenvalue weighted by molar-refractivity contribution is 7.89. The zero-order valence-electron chi connectivity index (χ0n) is 17.1. The molecule has 8 nitrogen and oxygen atoms in total. The van der Waals surface area contributed by atoms with Crippen molar-refractivity contribution in [1.29, 1.82) is 0 Å². The van der Waals surface area contributed by atoms with E-state index in [9.17, 15) is 8.42 Å². The van der Waals surface area contributed by atoms with E-state index in [0.29, 0.717) is 25.6 Å². The van der Waals surface area contributed by atoms with Crippen molar-refractivity contribution < 1.29 is 17.9 Å². The van der Waals surface area contributed by atoms with Gasteiger partial charge in [-0.2, -0.15) is 0 Å². The molecular weight excluding hydrogens is 380 g/mol. The van der Waals surface area contributed by atoms with Crippen LogP contribution in [0.5, 0.6) is 11.5 Å². The van der Waals surface area contributed by atoms with Crippen LogP contribution in [0, 0.1) is 0 Å². The molecule has 0 radical (unpaired) electrons. The van der Waals surface area contributed by atoms with Gasteiger partial charge in [-0.15, -0.1) is 0 Å². The number of ether oxygens (including phenoxy) is 2. The van der Waals surface area contributed by atoms with Gasteiger partial charge in [-0.25, -0.2) is 12.7 Å². The fourth-order valence-electron chi connectivity index (χ4n) is 3.02. The summed E-state index contributed by atoms with van der Waals surface area (Å²) in [6, 6.07) is 7.68. The van der Waals surface area contributed by atoms with Crippen molar-refractivity contribution in [2.45, 2.75) is 38.8 Å². The summed E-state index contributed by atoms with van der Waals surface area (Å²) >= 11 is 0. The summed E-state index contributed by atoms with van der Waals surface area (Å²) in [5.41, 5.74) is 0. The molecule has 1 aliphatic heterocycles. The molecule has 1 fully saturated rings. The molecule has 1 aromatic carbocycles. The summed E-state index contributed by atoms with van der Waals surface area (Å²) in [6.45, 7) is 5.34. The van der Waals surface area contributed by atoms with Gasteiger partial charge in [-0.3, -0.25) is 4.99 Å². The molecule has 2 N–H and O–H groups in total. The second-order valence-corrected chi connectivity index (χ2v) is 9.03. The Bertz CT molecular complexity index is 729. The van der Waals surface area contributed by atoms with Crippen LogP contribution in [0.25, 0.3) is 0 Å². The van der Waals surface area contributed by atoms with Crippen molar-refractivity contribution in [3.63, 3.8) is 0 Å². The number of hydrogen-bond acceptors (Lipinski definition) is 5. The Hall–Kier alpha value is -2.00. The minimum atomic E-state index is -3.10. The molecule has 0 bridgehead atoms. The van der Waals surface area contributed by atoms with E-state index >= 15 is 0 Å². The Morgan fingerprint density at radius 2 is 1.86 bits per heavy atom. The molecule has 1 saturated heterocycles. The van der Waals surface area contributed by atoms with Gasteiger partial charge in [-0.05, 0) is 51.0 Å². The first-order chi connectivity index (χ1) is 13.4. The minimum absolute atomic E-state index is 0.0523. The van der Waals surface area contributed by atoms with Crippen molar-refractivity contribution >= 4 is 16.0 Å². The SMILES string of the molecule is CCS(=O)(=O)N1CCC(NC(=NC)NCC(C)Oc2ccc(OC)cc2)CC1. The predicted molar refractivity (Wildman–Crippen MR) is 112 cm³/mol. The first kappa shape index (κ1) is 22.3. The third-order valence-electron chi connectivity index (χ3n) is 4.73. The smallest absolute Gasteiger partial charge is 0.213 e. The van der Waals surface area contributed by atoms with Crippen molar-refractivity contribution in [2.75, 3.05) is 39.5 Å². The minimum Gasteiger partial charge on any atom is -0.497 e. The van der Waals surface area contributed by atoms with Gasteiger partial charge in [0.25, 0.3) is 0 Å². The van der Waals surface area contributed by atoms with Crippen LogP contribution >= 0.6 is 0 Å². The number of benzene rings is 1. The first-order valence-corrected chi connectivity index (χ1v) is 11.2. The summed E-state index contributed by atoms with van der Waals surface area (Å²) in [6.07, 6.45) is 1.47. The number of nitrogens with one attached hydrogen (secondary N) is 2. The Kier molecular flexibility index (Phi) is 8.37. The van der Waals surface area contributed by atoms with E-state index < -0.39 is 10.0 Å². The van der Waals surface area contributed by atoms with Gasteiger partial charge in [-0.1, -0.05) is 0 Å². The zero-order chi connectivity index (χ0) is 20.6. The molecule has 158 valence electrons. The number of piperidine rings is 1. The highest BCUT2D eigenvalue weighted by atomic mass is 32.2. The molecule has 0 aromatic heterocycles. The van der Waals surface area contributed by atoms with Gasteiger partial charge in [0.05, 0.1) is 19.4 Å². The lowest BCUT2D eigenvalue weighted by Gasteiger charge is -2.32. The van der Waals surface area contributed by atoms with Gasteiger partial charge >= 0.3 is 0 Å². The second kappa shape index (κ2) is 10.5. The maximum Gasteiger partial charge on any atom is 0.213 e. The molecule has 2 rings (SSSR count). The number of methoxy groups -OCH3 is 1. The third-order valence-corrected chi connectivity index (χ3v) is 6.61. The maximum atomic E-state index is 12.0. The summed E-state index contributed by atoms with van der Waals surface area (Å²) in [7, 11) is 0.257. The maximum absolute atomic E-state index is 12.0. The molecule has 0 spiro atoms. The summed E-state index contributed by atoms with van der Waals surface area (Å²) in [5, 5.41) is 6.64. The molecule has 0 aliphatic carbocycles. The topological polar surface area (TPSA) is 92.3 Å². The molecule has 1 aromatic rings. The van der Waals surface area contributed by atoms with Gasteiger partial charge in [0.2, 0.25) is 10.0 Å². The average molecular weight is 413 g/mol. The number of nitrogens with zero attached hydrogens (tertiary/aromatic N) is 2. The lowest BCUT2D eigenvalue weighted by Crippen LogP contribution is -2.51. The van der Waals surface area contributed by atoms with Crippen LogP contribution in [0.2, 0.25) is 0 Å². The molecule has 1 aliphatic rings. The number of sulfonamides is 1. The molecular formula is C19H32N4O4S. The Labute approximate surface area is 168 Å². The van der Waals surface area contributed by atoms with Crippen LogP contribution < -0.4 is 20.1 Å². The number of rotatable bonds is 8. The quantitative estimate of drug-likeness (QED) is 0.496. The Morgan fingerprint density at radius 1 is 1.25 bits per heavy atom. The van der Waals surface area contributed by atoms with Gasteiger partial charge < -0.3 is 20.1 Å². The lowest BCUT2D eigenvalue weighted by atomic mass is 10.1. The van der Waals surface area contributed by atoms with Crippen molar-refractivity contribution in [2.24, 2.45) is 4.99 Å². The van der Waals surface area contributed by atoms with E-state index in [0.717, 1.165) is 24.3 Å². The van der Waals surface area contributed by atoms with Crippen molar-refractivity contribution in [3.05, 3.63) is 24.3 Å². The average Bonchev–Trinajstić information content (AvgIpc) is 2.72. The molecule has 28 heavy (non-hydrogen) atoms. The van der Waals surface area contributed by atoms with Gasteiger partial charge in [0.1, 0.15) is 17.6 Å². The van der Waals surface area contributed by atoms with Gasteiger partial charge in [0, 0.05) is 26.2 Å². The fraction of sp³-hybridized carbons (Fsp3) is 0.632. The van der Waals surface area contributed by atoms with Crippen LogP contribution in [0.15, 0.2) is 29.3 Å². The molecule has 9 heteroatoms. The van der Waals surface area contributed by atoms with Crippen LogP contribution in [0.3, 0.4) is 0 Å². The predicted octanol–water partition coefficient (Wildman–Crippen LogP) is 1.44. The molecule has 1 atom stereocenters. The third kappa shape index (κ3) is 6.56. The Balaban J connectivity index is 1.75. The first-order valence-electron chi connectivity index (χ1n) is 9.63. The van der Waals surface area contributed by atoms with E-state index in [-0.39, 0.29) is 17.9 Å². The van der Waals surface area contributed by atoms with Crippen LogP contribution in [0.4, 0.5) is 0 Å². The largest absolute Gasteiger partial charge is 0.497 e.